The first-order valence-corrected chi connectivity index (χ1v) is 9.84. The molecule has 0 saturated carbocycles. The Hall–Kier alpha value is -1.02. The molecule has 1 heterocycles. The molecule has 1 rings (SSSR count). The lowest BCUT2D eigenvalue weighted by Gasteiger charge is -2.29. The molecule has 0 aromatic carbocycles. The number of carboxylic acid groups (broad SMARTS) is 1. The summed E-state index contributed by atoms with van der Waals surface area (Å²) in [4.78, 5) is 32.2. The predicted molar refractivity (Wildman–Crippen MR) is 105 cm³/mol. The van der Waals surface area contributed by atoms with Crippen molar-refractivity contribution in [2.75, 3.05) is 79.5 Å². The van der Waals surface area contributed by atoms with Crippen LogP contribution in [0.3, 0.4) is 0 Å². The Kier molecular flexibility index (Phi) is 11.0. The van der Waals surface area contributed by atoms with Crippen molar-refractivity contribution in [3.63, 3.8) is 0 Å². The van der Waals surface area contributed by atoms with Gasteiger partial charge in [-0.15, -0.1) is 0 Å². The van der Waals surface area contributed by atoms with Crippen LogP contribution < -0.4 is 0 Å². The molecule has 1 fully saturated rings. The summed E-state index contributed by atoms with van der Waals surface area (Å²) >= 11 is 0. The van der Waals surface area contributed by atoms with E-state index in [9.17, 15) is 14.7 Å². The van der Waals surface area contributed by atoms with E-state index in [4.69, 9.17) is 0 Å². The van der Waals surface area contributed by atoms with Crippen LogP contribution in [-0.2, 0) is 9.59 Å². The van der Waals surface area contributed by atoms with Crippen molar-refractivity contribution >= 4 is 11.8 Å². The minimum atomic E-state index is -0.786. The highest BCUT2D eigenvalue weighted by Crippen LogP contribution is 2.03. The Morgan fingerprint density at radius 1 is 0.769 bits per heavy atom. The van der Waals surface area contributed by atoms with Crippen LogP contribution in [0.25, 0.3) is 0 Å². The fraction of sp³-hybridized carbons (Fsp3) is 0.895. The van der Waals surface area contributed by atoms with E-state index in [1.54, 1.807) is 0 Å². The van der Waals surface area contributed by atoms with Crippen molar-refractivity contribution < 1.29 is 14.7 Å². The Morgan fingerprint density at radius 3 is 1.65 bits per heavy atom. The van der Waals surface area contributed by atoms with Gasteiger partial charge in [0.25, 0.3) is 0 Å². The number of aliphatic carboxylic acids is 1. The lowest BCUT2D eigenvalue weighted by Crippen LogP contribution is -2.43. The van der Waals surface area contributed by atoms with Crippen molar-refractivity contribution in [1.82, 2.24) is 19.6 Å². The minimum Gasteiger partial charge on any atom is -0.480 e. The van der Waals surface area contributed by atoms with Crippen LogP contribution in [0.2, 0.25) is 0 Å². The van der Waals surface area contributed by atoms with Gasteiger partial charge in [-0.1, -0.05) is 13.8 Å². The first-order valence-electron chi connectivity index (χ1n) is 9.84. The maximum Gasteiger partial charge on any atom is 0.317 e. The highest BCUT2D eigenvalue weighted by molar-refractivity contribution is 5.82. The second-order valence-corrected chi connectivity index (χ2v) is 7.88. The van der Waals surface area contributed by atoms with Crippen LogP contribution in [0.1, 0.15) is 26.7 Å². The van der Waals surface area contributed by atoms with Crippen molar-refractivity contribution in [2.45, 2.75) is 26.7 Å². The molecule has 1 N–H and O–H groups in total. The first kappa shape index (κ1) is 23.0. The van der Waals surface area contributed by atoms with Gasteiger partial charge in [0.2, 0.25) is 0 Å². The third kappa shape index (κ3) is 10.2. The van der Waals surface area contributed by atoms with Gasteiger partial charge in [-0.25, -0.2) is 0 Å². The van der Waals surface area contributed by atoms with E-state index in [-0.39, 0.29) is 18.2 Å². The van der Waals surface area contributed by atoms with E-state index >= 15 is 0 Å². The van der Waals surface area contributed by atoms with Crippen LogP contribution in [0.5, 0.6) is 0 Å². The number of nitrogens with zero attached hydrogens (tertiary/aromatic N) is 4. The van der Waals surface area contributed by atoms with Gasteiger partial charge in [-0.3, -0.25) is 19.4 Å². The maximum atomic E-state index is 12.2. The summed E-state index contributed by atoms with van der Waals surface area (Å²) in [5.41, 5.74) is 0. The highest BCUT2D eigenvalue weighted by atomic mass is 16.4. The summed E-state index contributed by atoms with van der Waals surface area (Å²) in [5, 5.41) is 9.18. The molecule has 0 bridgehead atoms. The molecule has 0 amide bonds. The molecule has 0 spiro atoms. The molecule has 0 aromatic heterocycles. The molecule has 7 nitrogen and oxygen atoms in total. The average molecular weight is 371 g/mol. The summed E-state index contributed by atoms with van der Waals surface area (Å²) in [6.07, 6.45) is 1.98. The lowest BCUT2D eigenvalue weighted by atomic mass is 10.1. The summed E-state index contributed by atoms with van der Waals surface area (Å²) in [5.74, 6) is -0.492. The van der Waals surface area contributed by atoms with Gasteiger partial charge >= 0.3 is 5.97 Å². The quantitative estimate of drug-likeness (QED) is 0.758. The van der Waals surface area contributed by atoms with E-state index in [0.717, 1.165) is 58.7 Å². The van der Waals surface area contributed by atoms with E-state index in [1.807, 2.05) is 18.7 Å². The summed E-state index contributed by atoms with van der Waals surface area (Å²) in [6, 6.07) is 0. The zero-order valence-corrected chi connectivity index (χ0v) is 17.1. The number of hydrogen-bond acceptors (Lipinski definition) is 6. The molecule has 1 aliphatic rings. The highest BCUT2D eigenvalue weighted by Gasteiger charge is 2.17. The molecule has 0 aromatic rings. The van der Waals surface area contributed by atoms with Gasteiger partial charge in [0.15, 0.2) is 0 Å². The van der Waals surface area contributed by atoms with Gasteiger partial charge < -0.3 is 14.9 Å². The lowest BCUT2D eigenvalue weighted by molar-refractivity contribution is -0.138. The Labute approximate surface area is 158 Å². The number of carbonyl (C=O) groups excluding carboxylic acids is 1. The van der Waals surface area contributed by atoms with Crippen LogP contribution in [-0.4, -0.2) is 116 Å². The topological polar surface area (TPSA) is 67.3 Å². The number of hydrogen-bond donors (Lipinski definition) is 1. The van der Waals surface area contributed by atoms with E-state index < -0.39 is 5.97 Å². The molecule has 0 aliphatic carbocycles. The normalized spacial score (nSPS) is 21.6. The van der Waals surface area contributed by atoms with E-state index in [0.29, 0.717) is 13.1 Å². The van der Waals surface area contributed by atoms with Gasteiger partial charge in [-0.05, 0) is 46.6 Å². The van der Waals surface area contributed by atoms with Crippen molar-refractivity contribution in [3.05, 3.63) is 0 Å². The zero-order chi connectivity index (χ0) is 19.5. The molecular formula is C19H38N4O3. The molecule has 1 saturated heterocycles. The monoisotopic (exact) mass is 370 g/mol. The third-order valence-electron chi connectivity index (χ3n) is 5.01. The molecular weight excluding hydrogens is 332 g/mol. The fourth-order valence-electron chi connectivity index (χ4n) is 3.11. The summed E-state index contributed by atoms with van der Waals surface area (Å²) in [6.45, 7) is 11.5. The predicted octanol–water partition coefficient (Wildman–Crippen LogP) is 0.558. The molecule has 7 heteroatoms. The summed E-state index contributed by atoms with van der Waals surface area (Å²) < 4.78 is 0. The molecule has 26 heavy (non-hydrogen) atoms. The zero-order valence-electron chi connectivity index (χ0n) is 17.1. The van der Waals surface area contributed by atoms with Crippen LogP contribution in [0.4, 0.5) is 0 Å². The number of ketones is 1. The number of likely N-dealkylation sites (N-methyl/N-ethyl adjacent to an activating group) is 2. The van der Waals surface area contributed by atoms with Crippen LogP contribution in [0, 0.1) is 5.92 Å². The number of rotatable bonds is 5. The molecule has 0 atom stereocenters. The summed E-state index contributed by atoms with van der Waals surface area (Å²) in [7, 11) is 4.28. The second kappa shape index (κ2) is 12.4. The van der Waals surface area contributed by atoms with Gasteiger partial charge in [-0.2, -0.15) is 0 Å². The molecule has 1 aliphatic heterocycles. The minimum absolute atomic E-state index is 0.0384. The van der Waals surface area contributed by atoms with Crippen molar-refractivity contribution in [3.8, 4) is 0 Å². The van der Waals surface area contributed by atoms with E-state index in [2.05, 4.69) is 28.8 Å². The molecule has 0 unspecified atom stereocenters. The van der Waals surface area contributed by atoms with E-state index in [1.165, 1.54) is 0 Å². The van der Waals surface area contributed by atoms with Crippen LogP contribution in [0.15, 0.2) is 0 Å². The standard InChI is InChI=1S/C19H38N4O3/c1-17(2)18(24)15-22-9-5-7-20(3)11-12-21(4)8-6-10-23(14-13-22)16-19(25)26/h17H,5-16H2,1-4H3,(H,25,26). The largest absolute Gasteiger partial charge is 0.480 e. The average Bonchev–Trinajstić information content (AvgIpc) is 2.55. The smallest absolute Gasteiger partial charge is 0.317 e. The molecule has 0 radical (unpaired) electrons. The van der Waals surface area contributed by atoms with Gasteiger partial charge in [0.1, 0.15) is 5.78 Å². The maximum absolute atomic E-state index is 12.2. The Bertz CT molecular complexity index is 431. The van der Waals surface area contributed by atoms with Crippen molar-refractivity contribution in [1.29, 1.82) is 0 Å². The fourth-order valence-corrected chi connectivity index (χ4v) is 3.11. The van der Waals surface area contributed by atoms with Crippen molar-refractivity contribution in [2.24, 2.45) is 5.92 Å². The van der Waals surface area contributed by atoms with Gasteiger partial charge in [0.05, 0.1) is 13.1 Å². The first-order chi connectivity index (χ1) is 12.3. The number of carbonyl (C=O) groups is 2. The Morgan fingerprint density at radius 2 is 1.23 bits per heavy atom. The van der Waals surface area contributed by atoms with Gasteiger partial charge in [0, 0.05) is 38.6 Å². The van der Waals surface area contributed by atoms with Crippen LogP contribution >= 0.6 is 0 Å². The number of Topliss-reactive ketones (excluding diaryl/α,β-unsaturated/α-hetero) is 1. The third-order valence-corrected chi connectivity index (χ3v) is 5.01. The molecule has 152 valence electrons. The Balaban J connectivity index is 2.71. The second-order valence-electron chi connectivity index (χ2n) is 7.88. The SMILES string of the molecule is CC(C)C(=O)CN1CCCN(C)CCN(C)CCCN(CC(=O)O)CC1. The number of carboxylic acids is 1.